The highest BCUT2D eigenvalue weighted by molar-refractivity contribution is 5.57. The van der Waals surface area contributed by atoms with Gasteiger partial charge in [0.05, 0.1) is 0 Å². The summed E-state index contributed by atoms with van der Waals surface area (Å²) in [6, 6.07) is 6.06. The van der Waals surface area contributed by atoms with Gasteiger partial charge >= 0.3 is 0 Å². The lowest BCUT2D eigenvalue weighted by Crippen LogP contribution is -2.04. The van der Waals surface area contributed by atoms with Crippen LogP contribution in [-0.4, -0.2) is 21.5 Å². The minimum atomic E-state index is 0.614. The van der Waals surface area contributed by atoms with Gasteiger partial charge in [-0.2, -0.15) is 0 Å². The fraction of sp³-hybridized carbons (Fsp3) is 0.400. The largest absolute Gasteiger partial charge is 0.370 e. The van der Waals surface area contributed by atoms with Crippen molar-refractivity contribution in [1.82, 2.24) is 15.0 Å². The van der Waals surface area contributed by atoms with Gasteiger partial charge in [0.2, 0.25) is 0 Å². The number of rotatable bonds is 4. The number of nitrogens with one attached hydrogen (secondary N) is 1. The van der Waals surface area contributed by atoms with E-state index >= 15 is 0 Å². The Morgan fingerprint density at radius 1 is 1.32 bits per heavy atom. The average Bonchev–Trinajstić information content (AvgIpc) is 3.23. The Labute approximate surface area is 113 Å². The van der Waals surface area contributed by atoms with Crippen molar-refractivity contribution in [3.8, 4) is 11.5 Å². The number of anilines is 1. The van der Waals surface area contributed by atoms with Gasteiger partial charge in [-0.1, -0.05) is 6.07 Å². The first kappa shape index (κ1) is 12.1. The Morgan fingerprint density at radius 3 is 2.84 bits per heavy atom. The third kappa shape index (κ3) is 2.57. The molecule has 0 aliphatic heterocycles. The zero-order valence-corrected chi connectivity index (χ0v) is 11.3. The van der Waals surface area contributed by atoms with E-state index in [4.69, 9.17) is 4.98 Å². The summed E-state index contributed by atoms with van der Waals surface area (Å²) in [5, 5.41) is 3.28. The number of hydrogen-bond acceptors (Lipinski definition) is 4. The molecule has 1 saturated carbocycles. The van der Waals surface area contributed by atoms with Crippen LogP contribution in [0, 0.1) is 6.92 Å². The lowest BCUT2D eigenvalue weighted by Gasteiger charge is -2.09. The molecule has 4 nitrogen and oxygen atoms in total. The molecule has 1 aliphatic carbocycles. The fourth-order valence-corrected chi connectivity index (χ4v) is 2.15. The first-order chi connectivity index (χ1) is 9.28. The lowest BCUT2D eigenvalue weighted by molar-refractivity contribution is 0.979. The van der Waals surface area contributed by atoms with Crippen molar-refractivity contribution in [3.05, 3.63) is 35.7 Å². The number of hydrogen-bond donors (Lipinski definition) is 1. The Hall–Kier alpha value is -1.97. The molecule has 2 heterocycles. The van der Waals surface area contributed by atoms with Crippen molar-refractivity contribution in [2.24, 2.45) is 0 Å². The van der Waals surface area contributed by atoms with Gasteiger partial charge in [-0.15, -0.1) is 0 Å². The smallest absolute Gasteiger partial charge is 0.180 e. The Balaban J connectivity index is 2.06. The van der Waals surface area contributed by atoms with E-state index in [2.05, 4.69) is 28.3 Å². The summed E-state index contributed by atoms with van der Waals surface area (Å²) in [6.45, 7) is 4.98. The predicted molar refractivity (Wildman–Crippen MR) is 76.1 cm³/mol. The molecule has 3 rings (SSSR count). The molecule has 98 valence electrons. The Bertz CT molecular complexity index is 590. The van der Waals surface area contributed by atoms with E-state index in [1.54, 1.807) is 6.20 Å². The van der Waals surface area contributed by atoms with Crippen molar-refractivity contribution in [1.29, 1.82) is 0 Å². The van der Waals surface area contributed by atoms with E-state index in [-0.39, 0.29) is 0 Å². The van der Waals surface area contributed by atoms with E-state index < -0.39 is 0 Å². The molecule has 2 aromatic rings. The summed E-state index contributed by atoms with van der Waals surface area (Å²) in [5.41, 5.74) is 3.13. The van der Waals surface area contributed by atoms with E-state index in [1.165, 1.54) is 12.8 Å². The molecule has 0 aromatic carbocycles. The molecule has 2 aromatic heterocycles. The van der Waals surface area contributed by atoms with Crippen LogP contribution in [0.25, 0.3) is 11.5 Å². The van der Waals surface area contributed by atoms with Crippen LogP contribution in [0.15, 0.2) is 24.4 Å². The second-order valence-corrected chi connectivity index (χ2v) is 4.98. The third-order valence-electron chi connectivity index (χ3n) is 3.32. The molecule has 0 saturated heterocycles. The van der Waals surface area contributed by atoms with E-state index in [0.717, 1.165) is 35.1 Å². The Kier molecular flexibility index (Phi) is 3.15. The molecule has 1 N–H and O–H groups in total. The molecular weight excluding hydrogens is 236 g/mol. The first-order valence-electron chi connectivity index (χ1n) is 6.82. The second kappa shape index (κ2) is 4.96. The molecule has 0 amide bonds. The van der Waals surface area contributed by atoms with Gasteiger partial charge in [0, 0.05) is 30.4 Å². The first-order valence-corrected chi connectivity index (χ1v) is 6.82. The molecule has 19 heavy (non-hydrogen) atoms. The highest BCUT2D eigenvalue weighted by Crippen LogP contribution is 2.40. The SMILES string of the molecule is CCNc1cc(C2CC2)nc(-c2ncccc2C)n1. The highest BCUT2D eigenvalue weighted by Gasteiger charge is 2.26. The standard InChI is InChI=1S/C15H18N4/c1-3-16-13-9-12(11-6-7-11)18-15(19-13)14-10(2)5-4-8-17-14/h4-5,8-9,11H,3,6-7H2,1-2H3,(H,16,18,19). The van der Waals surface area contributed by atoms with Crippen LogP contribution < -0.4 is 5.32 Å². The van der Waals surface area contributed by atoms with E-state index in [0.29, 0.717) is 5.92 Å². The van der Waals surface area contributed by atoms with Crippen LogP contribution in [0.2, 0.25) is 0 Å². The van der Waals surface area contributed by atoms with Gasteiger partial charge in [-0.3, -0.25) is 4.98 Å². The second-order valence-electron chi connectivity index (χ2n) is 4.98. The molecule has 0 spiro atoms. The quantitative estimate of drug-likeness (QED) is 0.910. The van der Waals surface area contributed by atoms with Crippen molar-refractivity contribution in [2.75, 3.05) is 11.9 Å². The molecule has 4 heteroatoms. The minimum absolute atomic E-state index is 0.614. The predicted octanol–water partition coefficient (Wildman–Crippen LogP) is 3.16. The molecule has 1 fully saturated rings. The Morgan fingerprint density at radius 2 is 2.16 bits per heavy atom. The van der Waals surface area contributed by atoms with Crippen LogP contribution in [-0.2, 0) is 0 Å². The number of pyridine rings is 1. The topological polar surface area (TPSA) is 50.7 Å². The van der Waals surface area contributed by atoms with Crippen molar-refractivity contribution >= 4 is 5.82 Å². The van der Waals surface area contributed by atoms with Crippen LogP contribution >= 0.6 is 0 Å². The van der Waals surface area contributed by atoms with Gasteiger partial charge in [-0.25, -0.2) is 9.97 Å². The van der Waals surface area contributed by atoms with Gasteiger partial charge in [0.25, 0.3) is 0 Å². The average molecular weight is 254 g/mol. The summed E-state index contributed by atoms with van der Waals surface area (Å²) < 4.78 is 0. The van der Waals surface area contributed by atoms with Crippen LogP contribution in [0.5, 0.6) is 0 Å². The van der Waals surface area contributed by atoms with E-state index in [1.807, 2.05) is 19.1 Å². The maximum absolute atomic E-state index is 4.70. The molecule has 1 aliphatic rings. The molecular formula is C15H18N4. The van der Waals surface area contributed by atoms with Crippen LogP contribution in [0.4, 0.5) is 5.82 Å². The number of nitrogens with zero attached hydrogens (tertiary/aromatic N) is 3. The molecule has 0 bridgehead atoms. The summed E-state index contributed by atoms with van der Waals surface area (Å²) in [6.07, 6.45) is 4.27. The van der Waals surface area contributed by atoms with Gasteiger partial charge in [-0.05, 0) is 38.3 Å². The number of aromatic nitrogens is 3. The van der Waals surface area contributed by atoms with Gasteiger partial charge in [0.1, 0.15) is 11.5 Å². The molecule has 0 radical (unpaired) electrons. The summed E-state index contributed by atoms with van der Waals surface area (Å²) in [7, 11) is 0. The van der Waals surface area contributed by atoms with Crippen molar-refractivity contribution in [3.63, 3.8) is 0 Å². The monoisotopic (exact) mass is 254 g/mol. The van der Waals surface area contributed by atoms with Crippen LogP contribution in [0.3, 0.4) is 0 Å². The molecule has 0 unspecified atom stereocenters. The lowest BCUT2D eigenvalue weighted by atomic mass is 10.2. The maximum Gasteiger partial charge on any atom is 0.180 e. The zero-order chi connectivity index (χ0) is 13.2. The zero-order valence-electron chi connectivity index (χ0n) is 11.3. The summed E-state index contributed by atoms with van der Waals surface area (Å²) in [5.74, 6) is 2.25. The third-order valence-corrected chi connectivity index (χ3v) is 3.32. The van der Waals surface area contributed by atoms with Crippen LogP contribution in [0.1, 0.15) is 36.9 Å². The van der Waals surface area contributed by atoms with Crippen molar-refractivity contribution < 1.29 is 0 Å². The van der Waals surface area contributed by atoms with E-state index in [9.17, 15) is 0 Å². The normalized spacial score (nSPS) is 14.4. The fourth-order valence-electron chi connectivity index (χ4n) is 2.15. The maximum atomic E-state index is 4.70. The van der Waals surface area contributed by atoms with Gasteiger partial charge in [0.15, 0.2) is 5.82 Å². The molecule has 0 atom stereocenters. The summed E-state index contributed by atoms with van der Waals surface area (Å²) in [4.78, 5) is 13.7. The van der Waals surface area contributed by atoms with Crippen molar-refractivity contribution in [2.45, 2.75) is 32.6 Å². The number of aryl methyl sites for hydroxylation is 1. The summed E-state index contributed by atoms with van der Waals surface area (Å²) >= 11 is 0. The highest BCUT2D eigenvalue weighted by atomic mass is 15.0. The van der Waals surface area contributed by atoms with Gasteiger partial charge < -0.3 is 5.32 Å². The minimum Gasteiger partial charge on any atom is -0.370 e.